The van der Waals surface area contributed by atoms with Gasteiger partial charge < -0.3 is 5.73 Å². The van der Waals surface area contributed by atoms with Crippen LogP contribution in [0.5, 0.6) is 0 Å². The van der Waals surface area contributed by atoms with Crippen LogP contribution in [-0.2, 0) is 6.42 Å². The van der Waals surface area contributed by atoms with Crippen LogP contribution < -0.4 is 5.73 Å². The second kappa shape index (κ2) is 12.7. The Labute approximate surface area is 135 Å². The lowest BCUT2D eigenvalue weighted by Crippen LogP contribution is -2.13. The molecule has 0 atom stereocenters. The number of hydrogen-bond donors (Lipinski definition) is 1. The van der Waals surface area contributed by atoms with Crippen molar-refractivity contribution in [3.63, 3.8) is 0 Å². The van der Waals surface area contributed by atoms with E-state index in [0.29, 0.717) is 5.56 Å². The Hall–Kier alpha value is -1.02. The number of carbonyl (C=O) groups excluding carboxylic acids is 1. The van der Waals surface area contributed by atoms with Gasteiger partial charge in [0.25, 0.3) is 0 Å². The summed E-state index contributed by atoms with van der Waals surface area (Å²) in [5.41, 5.74) is 7.17. The van der Waals surface area contributed by atoms with E-state index < -0.39 is 0 Å². The lowest BCUT2D eigenvalue weighted by Gasteiger charge is -2.06. The monoisotopic (exact) mass is 311 g/mol. The Morgan fingerprint density at radius 2 is 1.43 bits per heavy atom. The summed E-state index contributed by atoms with van der Waals surface area (Å²) in [6.07, 6.45) is 12.9. The highest BCUT2D eigenvalue weighted by atomic mass is 35.5. The second-order valence-electron chi connectivity index (χ2n) is 5.60. The fourth-order valence-corrected chi connectivity index (χ4v) is 2.60. The van der Waals surface area contributed by atoms with Crippen LogP contribution in [0.25, 0.3) is 0 Å². The number of unbranched alkanes of at least 4 members (excludes halogenated alkanes) is 8. The summed E-state index contributed by atoms with van der Waals surface area (Å²) < 4.78 is 0. The van der Waals surface area contributed by atoms with Gasteiger partial charge in [0.1, 0.15) is 0 Å². The molecule has 0 spiro atoms. The summed E-state index contributed by atoms with van der Waals surface area (Å²) in [5, 5.41) is 0. The van der Waals surface area contributed by atoms with Gasteiger partial charge in [-0.3, -0.25) is 4.79 Å². The molecule has 0 radical (unpaired) electrons. The normalized spacial score (nSPS) is 10.1. The summed E-state index contributed by atoms with van der Waals surface area (Å²) >= 11 is 0. The van der Waals surface area contributed by atoms with Crippen molar-refractivity contribution in [2.45, 2.75) is 71.1 Å². The number of amides is 1. The van der Waals surface area contributed by atoms with Crippen LogP contribution in [0.2, 0.25) is 0 Å². The largest absolute Gasteiger partial charge is 0.366 e. The van der Waals surface area contributed by atoms with Crippen molar-refractivity contribution in [3.8, 4) is 0 Å². The zero-order valence-corrected chi connectivity index (χ0v) is 14.1. The van der Waals surface area contributed by atoms with Gasteiger partial charge >= 0.3 is 0 Å². The van der Waals surface area contributed by atoms with Crippen molar-refractivity contribution in [1.82, 2.24) is 0 Å². The topological polar surface area (TPSA) is 43.1 Å². The summed E-state index contributed by atoms with van der Waals surface area (Å²) in [4.78, 5) is 11.3. The molecular formula is C18H30ClNO. The number of benzene rings is 1. The summed E-state index contributed by atoms with van der Waals surface area (Å²) in [7, 11) is 0. The van der Waals surface area contributed by atoms with Crippen LogP contribution in [0.1, 0.15) is 80.6 Å². The molecule has 2 N–H and O–H groups in total. The highest BCUT2D eigenvalue weighted by molar-refractivity contribution is 5.94. The van der Waals surface area contributed by atoms with Crippen molar-refractivity contribution in [2.75, 3.05) is 0 Å². The first-order valence-corrected chi connectivity index (χ1v) is 8.13. The van der Waals surface area contributed by atoms with E-state index in [1.54, 1.807) is 0 Å². The van der Waals surface area contributed by atoms with Gasteiger partial charge in [0, 0.05) is 5.56 Å². The van der Waals surface area contributed by atoms with E-state index in [-0.39, 0.29) is 18.3 Å². The maximum Gasteiger partial charge on any atom is 0.248 e. The quantitative estimate of drug-likeness (QED) is 0.555. The van der Waals surface area contributed by atoms with Gasteiger partial charge in [-0.15, -0.1) is 12.4 Å². The first-order valence-electron chi connectivity index (χ1n) is 8.13. The highest BCUT2D eigenvalue weighted by Gasteiger charge is 2.06. The van der Waals surface area contributed by atoms with Gasteiger partial charge in [0.05, 0.1) is 0 Å². The van der Waals surface area contributed by atoms with Gasteiger partial charge in [-0.2, -0.15) is 0 Å². The molecule has 0 fully saturated rings. The van der Waals surface area contributed by atoms with Crippen molar-refractivity contribution in [3.05, 3.63) is 35.4 Å². The second-order valence-corrected chi connectivity index (χ2v) is 5.60. The maximum atomic E-state index is 11.3. The predicted molar refractivity (Wildman–Crippen MR) is 93.1 cm³/mol. The molecular weight excluding hydrogens is 282 g/mol. The Morgan fingerprint density at radius 1 is 0.905 bits per heavy atom. The minimum Gasteiger partial charge on any atom is -0.366 e. The number of primary amides is 1. The standard InChI is InChI=1S/C18H29NO.ClH/c1-2-3-4-5-6-7-8-9-10-13-16-14-11-12-15-17(16)18(19)20;/h11-12,14-15H,2-10,13H2,1H3,(H2,19,20);1H. The molecule has 2 nitrogen and oxygen atoms in total. The molecule has 1 aromatic carbocycles. The lowest BCUT2D eigenvalue weighted by molar-refractivity contribution is 0.0999. The molecule has 0 aromatic heterocycles. The van der Waals surface area contributed by atoms with E-state index in [1.165, 1.54) is 51.4 Å². The van der Waals surface area contributed by atoms with Gasteiger partial charge in [-0.25, -0.2) is 0 Å². The number of carbonyl (C=O) groups is 1. The lowest BCUT2D eigenvalue weighted by atomic mass is 10.00. The molecule has 0 aliphatic rings. The van der Waals surface area contributed by atoms with E-state index in [2.05, 4.69) is 6.92 Å². The van der Waals surface area contributed by atoms with Gasteiger partial charge in [-0.05, 0) is 24.5 Å². The SMILES string of the molecule is CCCCCCCCCCCc1ccccc1C(N)=O.Cl. The first-order chi connectivity index (χ1) is 9.75. The van der Waals surface area contributed by atoms with Gasteiger partial charge in [0.15, 0.2) is 0 Å². The van der Waals surface area contributed by atoms with Crippen LogP contribution in [-0.4, -0.2) is 5.91 Å². The molecule has 0 aliphatic carbocycles. The third-order valence-electron chi connectivity index (χ3n) is 3.83. The Bertz CT molecular complexity index is 393. The predicted octanol–water partition coefficient (Wildman–Crippen LogP) is 5.28. The van der Waals surface area contributed by atoms with E-state index in [4.69, 9.17) is 5.73 Å². The van der Waals surface area contributed by atoms with Crippen LogP contribution in [0.15, 0.2) is 24.3 Å². The number of aryl methyl sites for hydroxylation is 1. The van der Waals surface area contributed by atoms with Crippen LogP contribution in [0, 0.1) is 0 Å². The molecule has 1 amide bonds. The van der Waals surface area contributed by atoms with E-state index in [1.807, 2.05) is 24.3 Å². The van der Waals surface area contributed by atoms with E-state index >= 15 is 0 Å². The Morgan fingerprint density at radius 3 is 2.00 bits per heavy atom. The van der Waals surface area contributed by atoms with Crippen molar-refractivity contribution >= 4 is 18.3 Å². The Kier molecular flexibility index (Phi) is 12.1. The number of nitrogens with two attached hydrogens (primary N) is 1. The summed E-state index contributed by atoms with van der Waals surface area (Å²) in [6.45, 7) is 2.25. The summed E-state index contributed by atoms with van der Waals surface area (Å²) in [6, 6.07) is 7.70. The maximum absolute atomic E-state index is 11.3. The zero-order chi connectivity index (χ0) is 14.6. The van der Waals surface area contributed by atoms with Gasteiger partial charge in [0.2, 0.25) is 5.91 Å². The molecule has 21 heavy (non-hydrogen) atoms. The van der Waals surface area contributed by atoms with E-state index in [9.17, 15) is 4.79 Å². The van der Waals surface area contributed by atoms with E-state index in [0.717, 1.165) is 18.4 Å². The molecule has 0 heterocycles. The molecule has 3 heteroatoms. The minimum atomic E-state index is -0.309. The fourth-order valence-electron chi connectivity index (χ4n) is 2.60. The highest BCUT2D eigenvalue weighted by Crippen LogP contribution is 2.14. The van der Waals surface area contributed by atoms with Crippen LogP contribution in [0.4, 0.5) is 0 Å². The van der Waals surface area contributed by atoms with Crippen LogP contribution in [0.3, 0.4) is 0 Å². The smallest absolute Gasteiger partial charge is 0.248 e. The number of halogens is 1. The molecule has 1 rings (SSSR count). The van der Waals surface area contributed by atoms with Gasteiger partial charge in [-0.1, -0.05) is 76.5 Å². The number of hydrogen-bond acceptors (Lipinski definition) is 1. The van der Waals surface area contributed by atoms with Crippen molar-refractivity contribution < 1.29 is 4.79 Å². The average molecular weight is 312 g/mol. The van der Waals surface area contributed by atoms with Crippen LogP contribution >= 0.6 is 12.4 Å². The first kappa shape index (κ1) is 20.0. The van der Waals surface area contributed by atoms with Crippen molar-refractivity contribution in [1.29, 1.82) is 0 Å². The Balaban J connectivity index is 0.00000400. The molecule has 0 saturated heterocycles. The zero-order valence-electron chi connectivity index (χ0n) is 13.3. The third kappa shape index (κ3) is 8.77. The molecule has 1 aromatic rings. The molecule has 120 valence electrons. The molecule has 0 saturated carbocycles. The average Bonchev–Trinajstić information content (AvgIpc) is 2.46. The minimum absolute atomic E-state index is 0. The summed E-state index contributed by atoms with van der Waals surface area (Å²) in [5.74, 6) is -0.309. The molecule has 0 aliphatic heterocycles. The third-order valence-corrected chi connectivity index (χ3v) is 3.83. The molecule has 0 unspecified atom stereocenters. The van der Waals surface area contributed by atoms with Crippen molar-refractivity contribution in [2.24, 2.45) is 5.73 Å². The number of rotatable bonds is 11. The molecule has 0 bridgehead atoms. The fraction of sp³-hybridized carbons (Fsp3) is 0.611.